The van der Waals surface area contributed by atoms with Crippen molar-refractivity contribution < 1.29 is 18.3 Å². The molecule has 1 rings (SSSR count). The fourth-order valence-electron chi connectivity index (χ4n) is 0.895. The zero-order chi connectivity index (χ0) is 10.6. The molecule has 3 nitrogen and oxygen atoms in total. The maximum Gasteiger partial charge on any atom is 0.272 e. The van der Waals surface area contributed by atoms with E-state index in [1.165, 1.54) is 7.11 Å². The van der Waals surface area contributed by atoms with Crippen LogP contribution in [0, 0.1) is 6.92 Å². The Labute approximate surface area is 80.7 Å². The van der Waals surface area contributed by atoms with E-state index in [0.717, 1.165) is 0 Å². The average Bonchev–Trinajstić information content (AvgIpc) is 2.16. The Hall–Kier alpha value is -1.39. The lowest BCUT2D eigenvalue weighted by molar-refractivity contribution is 0.0789. The maximum atomic E-state index is 11.9. The zero-order valence-electron chi connectivity index (χ0n) is 7.96. The topological polar surface area (TPSA) is 31.4 Å². The summed E-state index contributed by atoms with van der Waals surface area (Å²) in [6.45, 7) is 1.08. The van der Waals surface area contributed by atoms with Crippen LogP contribution in [0.15, 0.2) is 12.1 Å². The van der Waals surface area contributed by atoms with E-state index in [2.05, 4.69) is 4.98 Å². The highest BCUT2D eigenvalue weighted by Crippen LogP contribution is 2.19. The summed E-state index contributed by atoms with van der Waals surface area (Å²) in [5.74, 6) is 0.532. The molecule has 1 aromatic rings. The second-order valence-corrected chi connectivity index (χ2v) is 2.68. The number of alkyl halides is 2. The number of pyridine rings is 1. The summed E-state index contributed by atoms with van der Waals surface area (Å²) in [7, 11) is 1.45. The van der Waals surface area contributed by atoms with Crippen LogP contribution in [0.2, 0.25) is 0 Å². The predicted octanol–water partition coefficient (Wildman–Crippen LogP) is 2.04. The van der Waals surface area contributed by atoms with Gasteiger partial charge in [0.2, 0.25) is 11.8 Å². The minimum absolute atomic E-state index is 0.185. The molecule has 0 aromatic carbocycles. The van der Waals surface area contributed by atoms with E-state index >= 15 is 0 Å². The first-order valence-corrected chi connectivity index (χ1v) is 4.06. The van der Waals surface area contributed by atoms with Gasteiger partial charge in [0.15, 0.2) is 6.61 Å². The number of methoxy groups -OCH3 is 1. The first-order chi connectivity index (χ1) is 6.63. The molecule has 1 aromatic heterocycles. The third-order valence-corrected chi connectivity index (χ3v) is 1.58. The molecule has 5 heteroatoms. The second kappa shape index (κ2) is 4.74. The van der Waals surface area contributed by atoms with Crippen LogP contribution in [-0.2, 0) is 0 Å². The summed E-state index contributed by atoms with van der Waals surface area (Å²) >= 11 is 0. The molecule has 0 radical (unpaired) electrons. The molecule has 0 saturated heterocycles. The molecule has 0 unspecified atom stereocenters. The van der Waals surface area contributed by atoms with Crippen LogP contribution in [0.25, 0.3) is 0 Å². The first-order valence-electron chi connectivity index (χ1n) is 4.06. The van der Waals surface area contributed by atoms with Crippen molar-refractivity contribution >= 4 is 0 Å². The first kappa shape index (κ1) is 10.7. The SMILES string of the molecule is COc1ccc(C)c(OCC(F)F)n1. The fraction of sp³-hybridized carbons (Fsp3) is 0.444. The maximum absolute atomic E-state index is 11.9. The fourth-order valence-corrected chi connectivity index (χ4v) is 0.895. The van der Waals surface area contributed by atoms with Crippen molar-refractivity contribution in [3.05, 3.63) is 17.7 Å². The smallest absolute Gasteiger partial charge is 0.272 e. The summed E-state index contributed by atoms with van der Waals surface area (Å²) in [4.78, 5) is 3.88. The van der Waals surface area contributed by atoms with Crippen LogP contribution >= 0.6 is 0 Å². The summed E-state index contributed by atoms with van der Waals surface area (Å²) in [6.07, 6.45) is -2.50. The van der Waals surface area contributed by atoms with Crippen LogP contribution in [-0.4, -0.2) is 25.1 Å². The lowest BCUT2D eigenvalue weighted by Crippen LogP contribution is -2.09. The quantitative estimate of drug-likeness (QED) is 0.750. The monoisotopic (exact) mass is 203 g/mol. The number of aryl methyl sites for hydroxylation is 1. The molecular formula is C9H11F2NO2. The minimum Gasteiger partial charge on any atom is -0.481 e. The average molecular weight is 203 g/mol. The van der Waals surface area contributed by atoms with Gasteiger partial charge in [-0.2, -0.15) is 4.98 Å². The molecule has 0 fully saturated rings. The van der Waals surface area contributed by atoms with Gasteiger partial charge in [0.1, 0.15) is 0 Å². The normalized spacial score (nSPS) is 10.4. The van der Waals surface area contributed by atoms with Crippen molar-refractivity contribution in [3.8, 4) is 11.8 Å². The molecule has 0 N–H and O–H groups in total. The predicted molar refractivity (Wildman–Crippen MR) is 47.0 cm³/mol. The van der Waals surface area contributed by atoms with Gasteiger partial charge in [-0.3, -0.25) is 0 Å². The number of hydrogen-bond donors (Lipinski definition) is 0. The Kier molecular flexibility index (Phi) is 3.62. The van der Waals surface area contributed by atoms with Crippen LogP contribution in [0.4, 0.5) is 8.78 Å². The second-order valence-electron chi connectivity index (χ2n) is 2.68. The molecule has 1 heterocycles. The number of nitrogens with zero attached hydrogens (tertiary/aromatic N) is 1. The van der Waals surface area contributed by atoms with E-state index < -0.39 is 13.0 Å². The molecule has 0 bridgehead atoms. The largest absolute Gasteiger partial charge is 0.481 e. The Morgan fingerprint density at radius 2 is 2.14 bits per heavy atom. The number of ether oxygens (including phenoxy) is 2. The lowest BCUT2D eigenvalue weighted by atomic mass is 10.3. The molecule has 0 spiro atoms. The number of aromatic nitrogens is 1. The summed E-state index contributed by atoms with van der Waals surface area (Å²) < 4.78 is 33.3. The van der Waals surface area contributed by atoms with E-state index in [1.54, 1.807) is 19.1 Å². The molecule has 0 saturated carbocycles. The summed E-state index contributed by atoms with van der Waals surface area (Å²) in [5, 5.41) is 0. The molecule has 0 amide bonds. The molecule has 14 heavy (non-hydrogen) atoms. The number of hydrogen-bond acceptors (Lipinski definition) is 3. The van der Waals surface area contributed by atoms with E-state index in [-0.39, 0.29) is 5.88 Å². The van der Waals surface area contributed by atoms with Crippen molar-refractivity contribution in [1.82, 2.24) is 4.98 Å². The van der Waals surface area contributed by atoms with Crippen LogP contribution < -0.4 is 9.47 Å². The highest BCUT2D eigenvalue weighted by molar-refractivity contribution is 5.29. The molecule has 0 aliphatic rings. The van der Waals surface area contributed by atoms with E-state index in [1.807, 2.05) is 0 Å². The molecule has 0 atom stereocenters. The Balaban J connectivity index is 2.73. The third-order valence-electron chi connectivity index (χ3n) is 1.58. The number of rotatable bonds is 4. The van der Waals surface area contributed by atoms with E-state index in [9.17, 15) is 8.78 Å². The summed E-state index contributed by atoms with van der Waals surface area (Å²) in [6, 6.07) is 3.34. The number of halogens is 2. The Bertz CT molecular complexity index is 305. The molecule has 78 valence electrons. The Morgan fingerprint density at radius 3 is 2.71 bits per heavy atom. The highest BCUT2D eigenvalue weighted by atomic mass is 19.3. The molecule has 0 aliphatic carbocycles. The van der Waals surface area contributed by atoms with Crippen molar-refractivity contribution in [1.29, 1.82) is 0 Å². The molecule has 0 aliphatic heterocycles. The van der Waals surface area contributed by atoms with E-state index in [4.69, 9.17) is 9.47 Å². The summed E-state index contributed by atoms with van der Waals surface area (Å²) in [5.41, 5.74) is 0.700. The van der Waals surface area contributed by atoms with Crippen LogP contribution in [0.1, 0.15) is 5.56 Å². The Morgan fingerprint density at radius 1 is 1.43 bits per heavy atom. The highest BCUT2D eigenvalue weighted by Gasteiger charge is 2.07. The van der Waals surface area contributed by atoms with Gasteiger partial charge in [0.25, 0.3) is 6.43 Å². The minimum atomic E-state index is -2.50. The third kappa shape index (κ3) is 2.83. The van der Waals surface area contributed by atoms with Gasteiger partial charge in [-0.15, -0.1) is 0 Å². The van der Waals surface area contributed by atoms with Gasteiger partial charge in [-0.25, -0.2) is 8.78 Å². The standard InChI is InChI=1S/C9H11F2NO2/c1-6-3-4-8(13-2)12-9(6)14-5-7(10)11/h3-4,7H,5H2,1-2H3. The van der Waals surface area contributed by atoms with Crippen LogP contribution in [0.5, 0.6) is 11.8 Å². The van der Waals surface area contributed by atoms with Crippen molar-refractivity contribution in [2.24, 2.45) is 0 Å². The van der Waals surface area contributed by atoms with Gasteiger partial charge in [-0.05, 0) is 13.0 Å². The van der Waals surface area contributed by atoms with Crippen molar-refractivity contribution in [2.45, 2.75) is 13.3 Å². The zero-order valence-corrected chi connectivity index (χ0v) is 7.96. The van der Waals surface area contributed by atoms with Gasteiger partial charge in [-0.1, -0.05) is 0 Å². The van der Waals surface area contributed by atoms with Crippen molar-refractivity contribution in [2.75, 3.05) is 13.7 Å². The van der Waals surface area contributed by atoms with E-state index in [0.29, 0.717) is 11.4 Å². The van der Waals surface area contributed by atoms with Crippen molar-refractivity contribution in [3.63, 3.8) is 0 Å². The molecular weight excluding hydrogens is 192 g/mol. The van der Waals surface area contributed by atoms with Gasteiger partial charge >= 0.3 is 0 Å². The van der Waals surface area contributed by atoms with Crippen LogP contribution in [0.3, 0.4) is 0 Å². The van der Waals surface area contributed by atoms with Gasteiger partial charge in [0, 0.05) is 11.6 Å². The van der Waals surface area contributed by atoms with Gasteiger partial charge in [0.05, 0.1) is 7.11 Å². The van der Waals surface area contributed by atoms with Gasteiger partial charge < -0.3 is 9.47 Å². The lowest BCUT2D eigenvalue weighted by Gasteiger charge is -2.08.